The van der Waals surface area contributed by atoms with Crippen LogP contribution in [0.3, 0.4) is 0 Å². The Morgan fingerprint density at radius 3 is 2.76 bits per heavy atom. The van der Waals surface area contributed by atoms with E-state index in [0.29, 0.717) is 6.54 Å². The Kier molecular flexibility index (Phi) is 5.35. The first-order chi connectivity index (χ1) is 7.95. The van der Waals surface area contributed by atoms with Gasteiger partial charge in [0.2, 0.25) is 15.9 Å². The van der Waals surface area contributed by atoms with Gasteiger partial charge in [-0.3, -0.25) is 4.79 Å². The Bertz CT molecular complexity index is 349. The molecule has 1 aliphatic rings. The molecule has 0 radical (unpaired) electrons. The Hall–Kier alpha value is -0.660. The van der Waals surface area contributed by atoms with E-state index in [1.165, 1.54) is 7.05 Å². The average Bonchev–Trinajstić information content (AvgIpc) is 2.79. The summed E-state index contributed by atoms with van der Waals surface area (Å²) in [6.07, 6.45) is 2.04. The maximum absolute atomic E-state index is 11.5. The zero-order chi connectivity index (χ0) is 12.9. The van der Waals surface area contributed by atoms with Crippen molar-refractivity contribution in [2.24, 2.45) is 0 Å². The zero-order valence-electron chi connectivity index (χ0n) is 10.3. The number of nitrogens with zero attached hydrogens (tertiary/aromatic N) is 1. The Morgan fingerprint density at radius 1 is 1.53 bits per heavy atom. The maximum atomic E-state index is 11.5. The van der Waals surface area contributed by atoms with E-state index >= 15 is 0 Å². The van der Waals surface area contributed by atoms with Crippen LogP contribution in [0.2, 0.25) is 0 Å². The molecule has 1 fully saturated rings. The number of sulfonamides is 1. The zero-order valence-corrected chi connectivity index (χ0v) is 11.1. The third kappa shape index (κ3) is 4.61. The van der Waals surface area contributed by atoms with Crippen LogP contribution in [0.15, 0.2) is 0 Å². The lowest BCUT2D eigenvalue weighted by Gasteiger charge is -2.16. The molecule has 1 atom stereocenters. The lowest BCUT2D eigenvalue weighted by atomic mass is 10.2. The molecular formula is C10H20N2O4S. The molecule has 0 aromatic heterocycles. The van der Waals surface area contributed by atoms with Crippen molar-refractivity contribution in [2.75, 3.05) is 32.5 Å². The molecule has 1 amide bonds. The SMILES string of the molecule is CCS(=O)(=O)N(C)CC(=O)NC[C@H]1CCCO1. The van der Waals surface area contributed by atoms with Gasteiger partial charge in [0, 0.05) is 20.2 Å². The van der Waals surface area contributed by atoms with Gasteiger partial charge in [0.15, 0.2) is 0 Å². The largest absolute Gasteiger partial charge is 0.376 e. The molecule has 0 saturated carbocycles. The quantitative estimate of drug-likeness (QED) is 0.706. The van der Waals surface area contributed by atoms with Gasteiger partial charge in [0.05, 0.1) is 18.4 Å². The van der Waals surface area contributed by atoms with Gasteiger partial charge in [-0.25, -0.2) is 8.42 Å². The minimum absolute atomic E-state index is 0.00250. The fraction of sp³-hybridized carbons (Fsp3) is 0.900. The molecule has 1 N–H and O–H groups in total. The normalized spacial score (nSPS) is 20.8. The van der Waals surface area contributed by atoms with Crippen molar-refractivity contribution in [1.82, 2.24) is 9.62 Å². The van der Waals surface area contributed by atoms with Gasteiger partial charge in [-0.1, -0.05) is 0 Å². The third-order valence-electron chi connectivity index (χ3n) is 2.76. The van der Waals surface area contributed by atoms with Crippen molar-refractivity contribution >= 4 is 15.9 Å². The third-order valence-corrected chi connectivity index (χ3v) is 4.57. The molecule has 0 spiro atoms. The van der Waals surface area contributed by atoms with Gasteiger partial charge in [-0.15, -0.1) is 0 Å². The summed E-state index contributed by atoms with van der Waals surface area (Å²) in [6.45, 7) is 2.61. The number of carbonyl (C=O) groups excluding carboxylic acids is 1. The van der Waals surface area contributed by atoms with E-state index in [4.69, 9.17) is 4.74 Å². The fourth-order valence-corrected chi connectivity index (χ4v) is 2.36. The Balaban J connectivity index is 2.29. The summed E-state index contributed by atoms with van der Waals surface area (Å²) in [5, 5.41) is 2.68. The first-order valence-corrected chi connectivity index (χ1v) is 7.39. The first kappa shape index (κ1) is 14.4. The predicted octanol–water partition coefficient (Wildman–Crippen LogP) is -0.437. The van der Waals surface area contributed by atoms with Crippen LogP contribution in [0, 0.1) is 0 Å². The van der Waals surface area contributed by atoms with E-state index in [1.807, 2.05) is 0 Å². The van der Waals surface area contributed by atoms with Crippen molar-refractivity contribution in [1.29, 1.82) is 0 Å². The van der Waals surface area contributed by atoms with Crippen LogP contribution in [0.25, 0.3) is 0 Å². The van der Waals surface area contributed by atoms with E-state index in [2.05, 4.69) is 5.32 Å². The molecular weight excluding hydrogens is 244 g/mol. The second kappa shape index (κ2) is 6.32. The average molecular weight is 264 g/mol. The summed E-state index contributed by atoms with van der Waals surface area (Å²) in [7, 11) is -1.88. The predicted molar refractivity (Wildman–Crippen MR) is 64.1 cm³/mol. The molecule has 0 aromatic carbocycles. The molecule has 1 rings (SSSR count). The number of amides is 1. The van der Waals surface area contributed by atoms with Crippen molar-refractivity contribution < 1.29 is 17.9 Å². The number of carbonyl (C=O) groups is 1. The minimum atomic E-state index is -3.29. The van der Waals surface area contributed by atoms with Crippen LogP contribution >= 0.6 is 0 Å². The van der Waals surface area contributed by atoms with Crippen LogP contribution in [0.4, 0.5) is 0 Å². The highest BCUT2D eigenvalue weighted by molar-refractivity contribution is 7.89. The van der Waals surface area contributed by atoms with Crippen LogP contribution in [-0.2, 0) is 19.6 Å². The number of rotatable bonds is 6. The summed E-state index contributed by atoms with van der Waals surface area (Å²) in [5.74, 6) is -0.289. The summed E-state index contributed by atoms with van der Waals surface area (Å²) < 4.78 is 29.3. The van der Waals surface area contributed by atoms with Gasteiger partial charge in [0.25, 0.3) is 0 Å². The summed E-state index contributed by atoms with van der Waals surface area (Å²) in [5.41, 5.74) is 0. The van der Waals surface area contributed by atoms with Gasteiger partial charge in [-0.05, 0) is 19.8 Å². The molecule has 1 saturated heterocycles. The van der Waals surface area contributed by atoms with Crippen molar-refractivity contribution in [2.45, 2.75) is 25.9 Å². The highest BCUT2D eigenvalue weighted by Gasteiger charge is 2.20. The van der Waals surface area contributed by atoms with Gasteiger partial charge in [0.1, 0.15) is 0 Å². The second-order valence-corrected chi connectivity index (χ2v) is 6.46. The summed E-state index contributed by atoms with van der Waals surface area (Å²) in [6, 6.07) is 0. The lowest BCUT2D eigenvalue weighted by molar-refractivity contribution is -0.121. The molecule has 0 aromatic rings. The van der Waals surface area contributed by atoms with Crippen LogP contribution in [0.1, 0.15) is 19.8 Å². The number of hydrogen-bond acceptors (Lipinski definition) is 4. The van der Waals surface area contributed by atoms with Gasteiger partial charge < -0.3 is 10.1 Å². The van der Waals surface area contributed by atoms with E-state index < -0.39 is 10.0 Å². The number of likely N-dealkylation sites (N-methyl/N-ethyl adjacent to an activating group) is 1. The van der Waals surface area contributed by atoms with E-state index in [-0.39, 0.29) is 24.3 Å². The van der Waals surface area contributed by atoms with Gasteiger partial charge >= 0.3 is 0 Å². The van der Waals surface area contributed by atoms with E-state index in [1.54, 1.807) is 6.92 Å². The molecule has 0 bridgehead atoms. The number of ether oxygens (including phenoxy) is 1. The smallest absolute Gasteiger partial charge is 0.235 e. The second-order valence-electron chi connectivity index (χ2n) is 4.10. The van der Waals surface area contributed by atoms with Gasteiger partial charge in [-0.2, -0.15) is 4.31 Å². The van der Waals surface area contributed by atoms with Crippen molar-refractivity contribution in [3.05, 3.63) is 0 Å². The molecule has 7 heteroatoms. The van der Waals surface area contributed by atoms with Crippen LogP contribution in [0.5, 0.6) is 0 Å². The highest BCUT2D eigenvalue weighted by Crippen LogP contribution is 2.10. The molecule has 0 unspecified atom stereocenters. The maximum Gasteiger partial charge on any atom is 0.235 e. The topological polar surface area (TPSA) is 75.7 Å². The monoisotopic (exact) mass is 264 g/mol. The molecule has 1 heterocycles. The molecule has 0 aliphatic carbocycles. The summed E-state index contributed by atoms with van der Waals surface area (Å²) >= 11 is 0. The van der Waals surface area contributed by atoms with E-state index in [9.17, 15) is 13.2 Å². The van der Waals surface area contributed by atoms with Crippen molar-refractivity contribution in [3.63, 3.8) is 0 Å². The minimum Gasteiger partial charge on any atom is -0.376 e. The van der Waals surface area contributed by atoms with E-state index in [0.717, 1.165) is 23.8 Å². The Labute approximate surface area is 102 Å². The van der Waals surface area contributed by atoms with Crippen LogP contribution < -0.4 is 5.32 Å². The standard InChI is InChI=1S/C10H20N2O4S/c1-3-17(14,15)12(2)8-10(13)11-7-9-5-4-6-16-9/h9H,3-8H2,1-2H3,(H,11,13)/t9-/m1/s1. The number of nitrogens with one attached hydrogen (secondary N) is 1. The number of hydrogen-bond donors (Lipinski definition) is 1. The highest BCUT2D eigenvalue weighted by atomic mass is 32.2. The molecule has 1 aliphatic heterocycles. The van der Waals surface area contributed by atoms with Crippen LogP contribution in [-0.4, -0.2) is 57.2 Å². The summed E-state index contributed by atoms with van der Waals surface area (Å²) in [4.78, 5) is 11.5. The molecule has 100 valence electrons. The Morgan fingerprint density at radius 2 is 2.24 bits per heavy atom. The molecule has 17 heavy (non-hydrogen) atoms. The molecule has 6 nitrogen and oxygen atoms in total. The lowest BCUT2D eigenvalue weighted by Crippen LogP contribution is -2.41. The van der Waals surface area contributed by atoms with Crippen molar-refractivity contribution in [3.8, 4) is 0 Å². The fourth-order valence-electron chi connectivity index (χ4n) is 1.61. The first-order valence-electron chi connectivity index (χ1n) is 5.78.